The average molecular weight is 325 g/mol. The van der Waals surface area contributed by atoms with Crippen molar-refractivity contribution in [3.05, 3.63) is 18.3 Å². The van der Waals surface area contributed by atoms with Crippen LogP contribution in [0.1, 0.15) is 19.3 Å². The van der Waals surface area contributed by atoms with Gasteiger partial charge in [0.05, 0.1) is 5.92 Å². The van der Waals surface area contributed by atoms with E-state index < -0.39 is 16.0 Å². The number of rotatable bonds is 4. The second kappa shape index (κ2) is 5.85. The van der Waals surface area contributed by atoms with Crippen molar-refractivity contribution in [1.29, 1.82) is 0 Å². The summed E-state index contributed by atoms with van der Waals surface area (Å²) >= 11 is 0. The molecule has 7 nitrogen and oxygen atoms in total. The molecule has 0 aromatic carbocycles. The van der Waals surface area contributed by atoms with E-state index in [0.29, 0.717) is 38.4 Å². The molecule has 120 valence electrons. The Kier molecular flexibility index (Phi) is 4.05. The third-order valence-corrected chi connectivity index (χ3v) is 6.17. The van der Waals surface area contributed by atoms with Crippen LogP contribution in [0.5, 0.6) is 0 Å². The van der Waals surface area contributed by atoms with Crippen LogP contribution in [-0.4, -0.2) is 55.0 Å². The molecular formula is C14H19N3O4S. The molecule has 3 rings (SSSR count). The quantitative estimate of drug-likeness (QED) is 0.879. The fourth-order valence-electron chi connectivity index (χ4n) is 2.96. The van der Waals surface area contributed by atoms with E-state index in [4.69, 9.17) is 5.11 Å². The Morgan fingerprint density at radius 2 is 1.95 bits per heavy atom. The first-order valence-corrected chi connectivity index (χ1v) is 8.86. The molecule has 1 N–H and O–H groups in total. The highest BCUT2D eigenvalue weighted by Gasteiger charge is 2.30. The second-order valence-corrected chi connectivity index (χ2v) is 7.67. The zero-order chi connectivity index (χ0) is 15.7. The molecule has 3 heterocycles. The molecule has 1 unspecified atom stereocenters. The van der Waals surface area contributed by atoms with Gasteiger partial charge < -0.3 is 10.0 Å². The molecule has 8 heteroatoms. The smallest absolute Gasteiger partial charge is 0.308 e. The monoisotopic (exact) mass is 325 g/mol. The van der Waals surface area contributed by atoms with Gasteiger partial charge in [0.25, 0.3) is 0 Å². The van der Waals surface area contributed by atoms with Gasteiger partial charge in [-0.2, -0.15) is 4.31 Å². The van der Waals surface area contributed by atoms with Gasteiger partial charge in [0.15, 0.2) is 0 Å². The van der Waals surface area contributed by atoms with Gasteiger partial charge in [0.1, 0.15) is 10.7 Å². The number of hydrogen-bond acceptors (Lipinski definition) is 5. The van der Waals surface area contributed by atoms with Crippen molar-refractivity contribution in [2.24, 2.45) is 5.92 Å². The standard InChI is InChI=1S/C14H19N3O4S/c18-14(19)11-5-8-16(10-11)13-4-3-12(9-15-13)22(20,21)17-6-1-2-7-17/h3-4,9,11H,1-2,5-8,10H2,(H,18,19). The first-order valence-electron chi connectivity index (χ1n) is 7.42. The molecule has 2 fully saturated rings. The average Bonchev–Trinajstić information content (AvgIpc) is 3.19. The first-order chi connectivity index (χ1) is 10.5. The van der Waals surface area contributed by atoms with Gasteiger partial charge in [0, 0.05) is 32.4 Å². The highest BCUT2D eigenvalue weighted by Crippen LogP contribution is 2.25. The van der Waals surface area contributed by atoms with Crippen LogP contribution in [0.25, 0.3) is 0 Å². The molecule has 0 radical (unpaired) electrons. The third-order valence-electron chi connectivity index (χ3n) is 4.29. The Labute approximate surface area is 129 Å². The molecule has 1 aromatic rings. The first kappa shape index (κ1) is 15.2. The van der Waals surface area contributed by atoms with Crippen molar-refractivity contribution in [2.45, 2.75) is 24.2 Å². The molecule has 0 bridgehead atoms. The van der Waals surface area contributed by atoms with Crippen LogP contribution in [0.3, 0.4) is 0 Å². The number of sulfonamides is 1. The van der Waals surface area contributed by atoms with Crippen molar-refractivity contribution in [3.63, 3.8) is 0 Å². The number of carbonyl (C=O) groups is 1. The predicted octanol–water partition coefficient (Wildman–Crippen LogP) is 0.777. The summed E-state index contributed by atoms with van der Waals surface area (Å²) in [6.07, 6.45) is 3.76. The third kappa shape index (κ3) is 2.80. The van der Waals surface area contributed by atoms with E-state index in [1.165, 1.54) is 10.5 Å². The number of nitrogens with zero attached hydrogens (tertiary/aromatic N) is 3. The summed E-state index contributed by atoms with van der Waals surface area (Å²) in [6, 6.07) is 3.22. The molecule has 2 aliphatic heterocycles. The van der Waals surface area contributed by atoms with Gasteiger partial charge in [-0.3, -0.25) is 4.79 Å². The Morgan fingerprint density at radius 1 is 1.23 bits per heavy atom. The highest BCUT2D eigenvalue weighted by atomic mass is 32.2. The molecule has 0 aliphatic carbocycles. The Balaban J connectivity index is 1.74. The minimum absolute atomic E-state index is 0.201. The number of carboxylic acids is 1. The minimum Gasteiger partial charge on any atom is -0.481 e. The lowest BCUT2D eigenvalue weighted by Gasteiger charge is -2.18. The summed E-state index contributed by atoms with van der Waals surface area (Å²) < 4.78 is 26.3. The van der Waals surface area contributed by atoms with Crippen molar-refractivity contribution in [3.8, 4) is 0 Å². The molecule has 2 aliphatic rings. The fourth-order valence-corrected chi connectivity index (χ4v) is 4.42. The van der Waals surface area contributed by atoms with Crippen molar-refractivity contribution >= 4 is 21.8 Å². The Morgan fingerprint density at radius 3 is 2.50 bits per heavy atom. The lowest BCUT2D eigenvalue weighted by Crippen LogP contribution is -2.28. The number of carboxylic acid groups (broad SMARTS) is 1. The molecule has 0 saturated carbocycles. The minimum atomic E-state index is -3.44. The molecule has 0 spiro atoms. The number of aromatic nitrogens is 1. The van der Waals surface area contributed by atoms with Crippen LogP contribution in [0.4, 0.5) is 5.82 Å². The zero-order valence-corrected chi connectivity index (χ0v) is 13.0. The van der Waals surface area contributed by atoms with E-state index in [1.807, 2.05) is 4.90 Å². The number of anilines is 1. The van der Waals surface area contributed by atoms with Crippen LogP contribution < -0.4 is 4.90 Å². The van der Waals surface area contributed by atoms with Gasteiger partial charge >= 0.3 is 5.97 Å². The molecule has 1 aromatic heterocycles. The van der Waals surface area contributed by atoms with Gasteiger partial charge in [-0.1, -0.05) is 0 Å². The summed E-state index contributed by atoms with van der Waals surface area (Å²) in [6.45, 7) is 2.18. The summed E-state index contributed by atoms with van der Waals surface area (Å²) in [5, 5.41) is 9.02. The van der Waals surface area contributed by atoms with Crippen molar-refractivity contribution in [2.75, 3.05) is 31.1 Å². The van der Waals surface area contributed by atoms with Gasteiger partial charge in [-0.15, -0.1) is 0 Å². The molecule has 1 atom stereocenters. The summed E-state index contributed by atoms with van der Waals surface area (Å²) in [5.41, 5.74) is 0. The fraction of sp³-hybridized carbons (Fsp3) is 0.571. The van der Waals surface area contributed by atoms with Crippen molar-refractivity contribution < 1.29 is 18.3 Å². The van der Waals surface area contributed by atoms with E-state index in [1.54, 1.807) is 12.1 Å². The normalized spacial score (nSPS) is 23.1. The summed E-state index contributed by atoms with van der Waals surface area (Å²) in [5.74, 6) is -0.547. The van der Waals surface area contributed by atoms with Gasteiger partial charge in [-0.25, -0.2) is 13.4 Å². The van der Waals surface area contributed by atoms with E-state index in [2.05, 4.69) is 4.98 Å². The molecular weight excluding hydrogens is 306 g/mol. The van der Waals surface area contributed by atoms with Gasteiger partial charge in [-0.05, 0) is 31.4 Å². The summed E-state index contributed by atoms with van der Waals surface area (Å²) in [4.78, 5) is 17.3. The van der Waals surface area contributed by atoms with Crippen LogP contribution in [0.15, 0.2) is 23.2 Å². The topological polar surface area (TPSA) is 90.8 Å². The van der Waals surface area contributed by atoms with Crippen LogP contribution in [-0.2, 0) is 14.8 Å². The molecule has 22 heavy (non-hydrogen) atoms. The second-order valence-electron chi connectivity index (χ2n) is 5.73. The molecule has 0 amide bonds. The van der Waals surface area contributed by atoms with Crippen molar-refractivity contribution in [1.82, 2.24) is 9.29 Å². The number of hydrogen-bond donors (Lipinski definition) is 1. The zero-order valence-electron chi connectivity index (χ0n) is 12.2. The Bertz CT molecular complexity index is 653. The maximum atomic E-state index is 12.4. The SMILES string of the molecule is O=C(O)C1CCN(c2ccc(S(=O)(=O)N3CCCC3)cn2)C1. The summed E-state index contributed by atoms with van der Waals surface area (Å²) in [7, 11) is -3.44. The lowest BCUT2D eigenvalue weighted by molar-refractivity contribution is -0.140. The lowest BCUT2D eigenvalue weighted by atomic mass is 10.1. The molecule has 2 saturated heterocycles. The largest absolute Gasteiger partial charge is 0.481 e. The number of pyridine rings is 1. The van der Waals surface area contributed by atoms with Crippen LogP contribution in [0, 0.1) is 5.92 Å². The van der Waals surface area contributed by atoms with Gasteiger partial charge in [0.2, 0.25) is 10.0 Å². The maximum absolute atomic E-state index is 12.4. The highest BCUT2D eigenvalue weighted by molar-refractivity contribution is 7.89. The van der Waals surface area contributed by atoms with E-state index in [-0.39, 0.29) is 10.8 Å². The number of aliphatic carboxylic acids is 1. The van der Waals surface area contributed by atoms with Crippen LogP contribution in [0.2, 0.25) is 0 Å². The Hall–Kier alpha value is -1.67. The van der Waals surface area contributed by atoms with E-state index >= 15 is 0 Å². The van der Waals surface area contributed by atoms with E-state index in [0.717, 1.165) is 12.8 Å². The predicted molar refractivity (Wildman–Crippen MR) is 80.2 cm³/mol. The van der Waals surface area contributed by atoms with E-state index in [9.17, 15) is 13.2 Å². The van der Waals surface area contributed by atoms with Crippen LogP contribution >= 0.6 is 0 Å². The maximum Gasteiger partial charge on any atom is 0.308 e.